The molecule has 0 aliphatic heterocycles. The quantitative estimate of drug-likeness (QED) is 0.575. The first-order valence-electron chi connectivity index (χ1n) is 9.52. The van der Waals surface area contributed by atoms with Crippen LogP contribution in [0, 0.1) is 5.41 Å². The van der Waals surface area contributed by atoms with E-state index in [4.69, 9.17) is 11.5 Å². The first-order valence-corrected chi connectivity index (χ1v) is 9.52. The molecule has 30 heavy (non-hydrogen) atoms. The van der Waals surface area contributed by atoms with Crippen LogP contribution >= 0.6 is 0 Å². The van der Waals surface area contributed by atoms with Gasteiger partial charge in [0.15, 0.2) is 5.69 Å². The second kappa shape index (κ2) is 7.98. The van der Waals surface area contributed by atoms with Crippen molar-refractivity contribution in [1.29, 1.82) is 0 Å². The van der Waals surface area contributed by atoms with Gasteiger partial charge in [-0.25, -0.2) is 0 Å². The number of nitrogens with two attached hydrogens (primary N) is 2. The molecule has 0 radical (unpaired) electrons. The highest BCUT2D eigenvalue weighted by molar-refractivity contribution is 6.08. The van der Waals surface area contributed by atoms with E-state index in [9.17, 15) is 14.4 Å². The van der Waals surface area contributed by atoms with Gasteiger partial charge in [-0.3, -0.25) is 19.1 Å². The lowest BCUT2D eigenvalue weighted by atomic mass is 9.86. The third kappa shape index (κ3) is 4.32. The number of fused-ring (bicyclic) bond motifs is 1. The second-order valence-electron chi connectivity index (χ2n) is 8.26. The summed E-state index contributed by atoms with van der Waals surface area (Å²) in [5, 5.41) is 7.63. The number of amides is 3. The molecule has 0 spiro atoms. The first kappa shape index (κ1) is 21.0. The van der Waals surface area contributed by atoms with Crippen LogP contribution in [0.2, 0.25) is 0 Å². The van der Waals surface area contributed by atoms with Crippen molar-refractivity contribution in [2.24, 2.45) is 16.9 Å². The number of carbonyl (C=O) groups is 3. The minimum atomic E-state index is -0.890. The number of benzene rings is 2. The normalized spacial score (nSPS) is 12.5. The molecule has 0 bridgehead atoms. The Morgan fingerprint density at radius 3 is 2.30 bits per heavy atom. The summed E-state index contributed by atoms with van der Waals surface area (Å²) in [6, 6.07) is 13.6. The Morgan fingerprint density at radius 2 is 1.73 bits per heavy atom. The van der Waals surface area contributed by atoms with Gasteiger partial charge < -0.3 is 16.8 Å². The van der Waals surface area contributed by atoms with Crippen molar-refractivity contribution in [2.45, 2.75) is 33.4 Å². The number of hydrogen-bond acceptors (Lipinski definition) is 4. The number of rotatable bonds is 6. The Hall–Kier alpha value is -3.68. The summed E-state index contributed by atoms with van der Waals surface area (Å²) in [7, 11) is 0. The zero-order valence-corrected chi connectivity index (χ0v) is 17.2. The van der Waals surface area contributed by atoms with Gasteiger partial charge in [0.2, 0.25) is 11.8 Å². The van der Waals surface area contributed by atoms with E-state index >= 15 is 0 Å². The highest BCUT2D eigenvalue weighted by Gasteiger charge is 2.32. The number of hydrogen-bond donors (Lipinski definition) is 3. The van der Waals surface area contributed by atoms with E-state index < -0.39 is 29.2 Å². The van der Waals surface area contributed by atoms with Crippen LogP contribution in [0.3, 0.4) is 0 Å². The van der Waals surface area contributed by atoms with Crippen LogP contribution in [0.4, 0.5) is 0 Å². The molecule has 8 heteroatoms. The van der Waals surface area contributed by atoms with E-state index in [1.807, 2.05) is 30.3 Å². The molecule has 1 heterocycles. The minimum absolute atomic E-state index is 0.0968. The first-order chi connectivity index (χ1) is 14.1. The SMILES string of the molecule is CC(C)(C)[C@H](NC(=O)c1nn(Cc2ccccc2)c2ccc(C(N)=O)cc12)C(N)=O. The maximum absolute atomic E-state index is 13.1. The topological polar surface area (TPSA) is 133 Å². The third-order valence-electron chi connectivity index (χ3n) is 4.85. The molecule has 0 unspecified atom stereocenters. The number of primary amides is 2. The number of nitrogens with zero attached hydrogens (tertiary/aromatic N) is 2. The van der Waals surface area contributed by atoms with E-state index in [0.29, 0.717) is 17.4 Å². The van der Waals surface area contributed by atoms with Gasteiger partial charge in [0, 0.05) is 10.9 Å². The number of aromatic nitrogens is 2. The maximum Gasteiger partial charge on any atom is 0.273 e. The van der Waals surface area contributed by atoms with Crippen LogP contribution < -0.4 is 16.8 Å². The smallest absolute Gasteiger partial charge is 0.273 e. The monoisotopic (exact) mass is 407 g/mol. The average Bonchev–Trinajstić information content (AvgIpc) is 3.03. The maximum atomic E-state index is 13.1. The van der Waals surface area contributed by atoms with E-state index in [-0.39, 0.29) is 11.3 Å². The summed E-state index contributed by atoms with van der Waals surface area (Å²) in [5.41, 5.74) is 12.3. The lowest BCUT2D eigenvalue weighted by Crippen LogP contribution is -2.52. The predicted molar refractivity (Wildman–Crippen MR) is 114 cm³/mol. The van der Waals surface area contributed by atoms with E-state index in [0.717, 1.165) is 5.56 Å². The van der Waals surface area contributed by atoms with Gasteiger partial charge in [0.1, 0.15) is 6.04 Å². The fraction of sp³-hybridized carbons (Fsp3) is 0.273. The fourth-order valence-corrected chi connectivity index (χ4v) is 3.29. The van der Waals surface area contributed by atoms with Crippen LogP contribution in [0.5, 0.6) is 0 Å². The number of nitrogens with one attached hydrogen (secondary N) is 1. The van der Waals surface area contributed by atoms with Crippen LogP contribution in [0.15, 0.2) is 48.5 Å². The Kier molecular flexibility index (Phi) is 5.60. The molecule has 0 saturated heterocycles. The molecule has 2 aromatic carbocycles. The molecule has 156 valence electrons. The zero-order valence-electron chi connectivity index (χ0n) is 17.2. The van der Waals surface area contributed by atoms with Gasteiger partial charge in [-0.15, -0.1) is 0 Å². The lowest BCUT2D eigenvalue weighted by molar-refractivity contribution is -0.122. The van der Waals surface area contributed by atoms with Crippen molar-refractivity contribution in [3.05, 3.63) is 65.4 Å². The molecule has 0 aliphatic rings. The number of carbonyl (C=O) groups excluding carboxylic acids is 3. The molecule has 3 rings (SSSR count). The summed E-state index contributed by atoms with van der Waals surface area (Å²) in [5.74, 6) is -1.79. The molecule has 0 fully saturated rings. The Bertz CT molecular complexity index is 1110. The molecule has 0 saturated carbocycles. The van der Waals surface area contributed by atoms with E-state index in [1.165, 1.54) is 6.07 Å². The molecule has 5 N–H and O–H groups in total. The standard InChI is InChI=1S/C22H25N5O3/c1-22(2,3)18(20(24)29)25-21(30)17-15-11-14(19(23)28)9-10-16(15)27(26-17)12-13-7-5-4-6-8-13/h4-11,18H,12H2,1-3H3,(H2,23,28)(H2,24,29)(H,25,30)/t18-/m1/s1. The van der Waals surface area contributed by atoms with Crippen LogP contribution in [0.25, 0.3) is 10.9 Å². The van der Waals surface area contributed by atoms with Gasteiger partial charge in [-0.05, 0) is 29.2 Å². The summed E-state index contributed by atoms with van der Waals surface area (Å²) in [4.78, 5) is 36.6. The van der Waals surface area contributed by atoms with Crippen LogP contribution in [-0.4, -0.2) is 33.5 Å². The summed E-state index contributed by atoms with van der Waals surface area (Å²) < 4.78 is 1.68. The van der Waals surface area contributed by atoms with Gasteiger partial charge in [-0.2, -0.15) is 5.10 Å². The van der Waals surface area contributed by atoms with E-state index in [1.54, 1.807) is 37.6 Å². The minimum Gasteiger partial charge on any atom is -0.368 e. The molecule has 3 amide bonds. The Labute approximate surface area is 174 Å². The Balaban J connectivity index is 2.08. The van der Waals surface area contributed by atoms with Gasteiger partial charge in [-0.1, -0.05) is 51.1 Å². The molecule has 1 aromatic heterocycles. The van der Waals surface area contributed by atoms with Crippen molar-refractivity contribution in [1.82, 2.24) is 15.1 Å². The lowest BCUT2D eigenvalue weighted by Gasteiger charge is -2.28. The average molecular weight is 407 g/mol. The Morgan fingerprint density at radius 1 is 1.07 bits per heavy atom. The molecular weight excluding hydrogens is 382 g/mol. The second-order valence-corrected chi connectivity index (χ2v) is 8.26. The van der Waals surface area contributed by atoms with Crippen LogP contribution in [-0.2, 0) is 11.3 Å². The summed E-state index contributed by atoms with van der Waals surface area (Å²) >= 11 is 0. The van der Waals surface area contributed by atoms with Gasteiger partial charge in [0.25, 0.3) is 5.91 Å². The molecule has 8 nitrogen and oxygen atoms in total. The van der Waals surface area contributed by atoms with Crippen molar-refractivity contribution in [3.8, 4) is 0 Å². The molecule has 0 aliphatic carbocycles. The van der Waals surface area contributed by atoms with Crippen molar-refractivity contribution >= 4 is 28.6 Å². The third-order valence-corrected chi connectivity index (χ3v) is 4.85. The van der Waals surface area contributed by atoms with Crippen LogP contribution in [0.1, 0.15) is 47.2 Å². The summed E-state index contributed by atoms with van der Waals surface area (Å²) in [6.45, 7) is 5.85. The summed E-state index contributed by atoms with van der Waals surface area (Å²) in [6.07, 6.45) is 0. The van der Waals surface area contributed by atoms with Gasteiger partial charge >= 0.3 is 0 Å². The molecule has 1 atom stereocenters. The highest BCUT2D eigenvalue weighted by Crippen LogP contribution is 2.24. The predicted octanol–water partition coefficient (Wildman–Crippen LogP) is 1.81. The highest BCUT2D eigenvalue weighted by atomic mass is 16.2. The van der Waals surface area contributed by atoms with Crippen molar-refractivity contribution in [3.63, 3.8) is 0 Å². The van der Waals surface area contributed by atoms with Crippen molar-refractivity contribution < 1.29 is 14.4 Å². The molecule has 3 aromatic rings. The fourth-order valence-electron chi connectivity index (χ4n) is 3.29. The zero-order chi connectivity index (χ0) is 22.1. The van der Waals surface area contributed by atoms with Crippen molar-refractivity contribution in [2.75, 3.05) is 0 Å². The largest absolute Gasteiger partial charge is 0.368 e. The van der Waals surface area contributed by atoms with E-state index in [2.05, 4.69) is 10.4 Å². The molecular formula is C22H25N5O3. The van der Waals surface area contributed by atoms with Gasteiger partial charge in [0.05, 0.1) is 12.1 Å².